The maximum absolute atomic E-state index is 12.6. The van der Waals surface area contributed by atoms with Crippen molar-refractivity contribution in [1.29, 1.82) is 0 Å². The molecule has 1 saturated heterocycles. The van der Waals surface area contributed by atoms with Crippen LogP contribution in [0, 0.1) is 5.92 Å². The molecule has 0 saturated carbocycles. The number of likely N-dealkylation sites (tertiary alicyclic amines) is 1. The molecule has 6 heteroatoms. The first-order valence-corrected chi connectivity index (χ1v) is 7.58. The first-order valence-electron chi connectivity index (χ1n) is 7.58. The second kappa shape index (κ2) is 6.17. The number of fused-ring (bicyclic) bond motifs is 1. The Labute approximate surface area is 128 Å². The van der Waals surface area contributed by atoms with E-state index >= 15 is 0 Å². The van der Waals surface area contributed by atoms with Crippen LogP contribution in [0.4, 0.5) is 0 Å². The molecule has 1 aliphatic rings. The Morgan fingerprint density at radius 3 is 3.00 bits per heavy atom. The Kier molecular flexibility index (Phi) is 4.09. The molecule has 0 spiro atoms. The molecular weight excluding hydrogens is 282 g/mol. The van der Waals surface area contributed by atoms with E-state index in [9.17, 15) is 9.59 Å². The van der Waals surface area contributed by atoms with Gasteiger partial charge in [-0.15, -0.1) is 0 Å². The monoisotopic (exact) mass is 301 g/mol. The van der Waals surface area contributed by atoms with E-state index in [-0.39, 0.29) is 18.2 Å². The van der Waals surface area contributed by atoms with Crippen LogP contribution in [0.2, 0.25) is 0 Å². The highest BCUT2D eigenvalue weighted by Crippen LogP contribution is 2.22. The lowest BCUT2D eigenvalue weighted by atomic mass is 9.93. The number of carbonyl (C=O) groups is 2. The smallest absolute Gasteiger partial charge is 0.303 e. The molecule has 0 aliphatic carbocycles. The van der Waals surface area contributed by atoms with Crippen molar-refractivity contribution in [2.75, 3.05) is 13.1 Å². The molecule has 0 aromatic carbocycles. The third-order valence-electron chi connectivity index (χ3n) is 4.16. The van der Waals surface area contributed by atoms with Gasteiger partial charge in [-0.05, 0) is 37.3 Å². The SMILES string of the molecule is O=C(O)CCC1CCCN(C(=O)c2cn3ccccc3n2)C1. The Balaban J connectivity index is 1.69. The molecule has 1 amide bonds. The average molecular weight is 301 g/mol. The number of hydrogen-bond donors (Lipinski definition) is 1. The largest absolute Gasteiger partial charge is 0.481 e. The fourth-order valence-corrected chi connectivity index (χ4v) is 3.01. The number of rotatable bonds is 4. The predicted molar refractivity (Wildman–Crippen MR) is 80.7 cm³/mol. The third-order valence-corrected chi connectivity index (χ3v) is 4.16. The molecule has 1 unspecified atom stereocenters. The van der Waals surface area contributed by atoms with Gasteiger partial charge >= 0.3 is 5.97 Å². The third kappa shape index (κ3) is 3.10. The normalized spacial score (nSPS) is 18.5. The molecule has 0 radical (unpaired) electrons. The highest BCUT2D eigenvalue weighted by molar-refractivity contribution is 5.93. The molecule has 22 heavy (non-hydrogen) atoms. The number of imidazole rings is 1. The highest BCUT2D eigenvalue weighted by Gasteiger charge is 2.26. The molecule has 116 valence electrons. The number of amides is 1. The lowest BCUT2D eigenvalue weighted by Gasteiger charge is -2.32. The lowest BCUT2D eigenvalue weighted by Crippen LogP contribution is -2.40. The summed E-state index contributed by atoms with van der Waals surface area (Å²) < 4.78 is 1.83. The summed E-state index contributed by atoms with van der Waals surface area (Å²) in [6.45, 7) is 1.34. The summed E-state index contributed by atoms with van der Waals surface area (Å²) in [7, 11) is 0. The minimum absolute atomic E-state index is 0.0660. The van der Waals surface area contributed by atoms with Crippen LogP contribution in [0.15, 0.2) is 30.6 Å². The Morgan fingerprint density at radius 2 is 2.23 bits per heavy atom. The summed E-state index contributed by atoms with van der Waals surface area (Å²) in [5.74, 6) is -0.571. The Hall–Kier alpha value is -2.37. The number of pyridine rings is 1. The highest BCUT2D eigenvalue weighted by atomic mass is 16.4. The van der Waals surface area contributed by atoms with Crippen LogP contribution < -0.4 is 0 Å². The number of aliphatic carboxylic acids is 1. The van der Waals surface area contributed by atoms with Gasteiger partial charge in [-0.1, -0.05) is 6.07 Å². The number of piperidine rings is 1. The second-order valence-electron chi connectivity index (χ2n) is 5.78. The number of hydrogen-bond acceptors (Lipinski definition) is 3. The van der Waals surface area contributed by atoms with E-state index < -0.39 is 5.97 Å². The van der Waals surface area contributed by atoms with E-state index in [1.807, 2.05) is 28.8 Å². The number of aromatic nitrogens is 2. The van der Waals surface area contributed by atoms with E-state index in [2.05, 4.69) is 4.98 Å². The Morgan fingerprint density at radius 1 is 1.36 bits per heavy atom. The molecule has 6 nitrogen and oxygen atoms in total. The van der Waals surface area contributed by atoms with Gasteiger partial charge in [0.25, 0.3) is 5.91 Å². The quantitative estimate of drug-likeness (QED) is 0.938. The van der Waals surface area contributed by atoms with E-state index in [1.54, 1.807) is 11.1 Å². The number of carboxylic acid groups (broad SMARTS) is 1. The van der Waals surface area contributed by atoms with Gasteiger partial charge in [0, 0.05) is 31.9 Å². The average Bonchev–Trinajstić information content (AvgIpc) is 2.96. The second-order valence-corrected chi connectivity index (χ2v) is 5.78. The van der Waals surface area contributed by atoms with E-state index in [0.29, 0.717) is 18.7 Å². The van der Waals surface area contributed by atoms with Gasteiger partial charge in [-0.25, -0.2) is 4.98 Å². The van der Waals surface area contributed by atoms with Gasteiger partial charge in [-0.2, -0.15) is 0 Å². The van der Waals surface area contributed by atoms with E-state index in [1.165, 1.54) is 0 Å². The first kappa shape index (κ1) is 14.6. The molecule has 1 fully saturated rings. The van der Waals surface area contributed by atoms with E-state index in [0.717, 1.165) is 25.0 Å². The molecule has 1 atom stereocenters. The number of carbonyl (C=O) groups excluding carboxylic acids is 1. The van der Waals surface area contributed by atoms with Crippen molar-refractivity contribution >= 4 is 17.5 Å². The van der Waals surface area contributed by atoms with Crippen molar-refractivity contribution < 1.29 is 14.7 Å². The van der Waals surface area contributed by atoms with Crippen molar-refractivity contribution in [3.8, 4) is 0 Å². The lowest BCUT2D eigenvalue weighted by molar-refractivity contribution is -0.137. The van der Waals surface area contributed by atoms with Crippen LogP contribution in [0.3, 0.4) is 0 Å². The zero-order valence-corrected chi connectivity index (χ0v) is 12.3. The van der Waals surface area contributed by atoms with Crippen molar-refractivity contribution in [1.82, 2.24) is 14.3 Å². The first-order chi connectivity index (χ1) is 10.6. The zero-order chi connectivity index (χ0) is 15.5. The van der Waals surface area contributed by atoms with Gasteiger partial charge in [-0.3, -0.25) is 9.59 Å². The van der Waals surface area contributed by atoms with Crippen LogP contribution in [0.25, 0.3) is 5.65 Å². The fraction of sp³-hybridized carbons (Fsp3) is 0.438. The summed E-state index contributed by atoms with van der Waals surface area (Å²) in [6, 6.07) is 5.65. The fourth-order valence-electron chi connectivity index (χ4n) is 3.01. The van der Waals surface area contributed by atoms with Crippen molar-refractivity contribution in [2.24, 2.45) is 5.92 Å². The van der Waals surface area contributed by atoms with Crippen LogP contribution in [-0.2, 0) is 4.79 Å². The molecule has 2 aromatic rings. The summed E-state index contributed by atoms with van der Waals surface area (Å²) in [5, 5.41) is 8.78. The minimum Gasteiger partial charge on any atom is -0.481 e. The standard InChI is InChI=1S/C16H19N3O3/c20-15(21)7-6-12-4-3-9-19(10-12)16(22)13-11-18-8-2-1-5-14(18)17-13/h1-2,5,8,11-12H,3-4,6-7,9-10H2,(H,20,21). The maximum atomic E-state index is 12.6. The van der Waals surface area contributed by atoms with Crippen LogP contribution in [0.5, 0.6) is 0 Å². The predicted octanol–water partition coefficient (Wildman–Crippen LogP) is 2.05. The molecular formula is C16H19N3O3. The van der Waals surface area contributed by atoms with Crippen molar-refractivity contribution in [2.45, 2.75) is 25.7 Å². The van der Waals surface area contributed by atoms with Crippen molar-refractivity contribution in [3.05, 3.63) is 36.3 Å². The van der Waals surface area contributed by atoms with E-state index in [4.69, 9.17) is 5.11 Å². The van der Waals surface area contributed by atoms with Gasteiger partial charge in [0.05, 0.1) is 0 Å². The number of nitrogens with zero attached hydrogens (tertiary/aromatic N) is 3. The molecule has 3 heterocycles. The van der Waals surface area contributed by atoms with Crippen LogP contribution >= 0.6 is 0 Å². The molecule has 3 rings (SSSR count). The summed E-state index contributed by atoms with van der Waals surface area (Å²) in [6.07, 6.45) is 6.32. The Bertz CT molecular complexity index is 662. The van der Waals surface area contributed by atoms with Crippen LogP contribution in [0.1, 0.15) is 36.2 Å². The zero-order valence-electron chi connectivity index (χ0n) is 12.3. The van der Waals surface area contributed by atoms with Gasteiger partial charge in [0.2, 0.25) is 0 Å². The number of carboxylic acids is 1. The van der Waals surface area contributed by atoms with Crippen molar-refractivity contribution in [3.63, 3.8) is 0 Å². The molecule has 0 bridgehead atoms. The maximum Gasteiger partial charge on any atom is 0.303 e. The minimum atomic E-state index is -0.774. The summed E-state index contributed by atoms with van der Waals surface area (Å²) in [5.41, 5.74) is 1.20. The van der Waals surface area contributed by atoms with Gasteiger partial charge in [0.15, 0.2) is 0 Å². The molecule has 1 N–H and O–H groups in total. The molecule has 1 aliphatic heterocycles. The van der Waals surface area contributed by atoms with Crippen LogP contribution in [-0.4, -0.2) is 44.4 Å². The summed E-state index contributed by atoms with van der Waals surface area (Å²) in [4.78, 5) is 29.4. The topological polar surface area (TPSA) is 74.9 Å². The summed E-state index contributed by atoms with van der Waals surface area (Å²) >= 11 is 0. The molecule has 2 aromatic heterocycles. The van der Waals surface area contributed by atoms with Gasteiger partial charge < -0.3 is 14.4 Å². The van der Waals surface area contributed by atoms with Gasteiger partial charge in [0.1, 0.15) is 11.3 Å².